The number of rotatable bonds is 17. The smallest absolute Gasteiger partial charge is 0.409 e. The van der Waals surface area contributed by atoms with E-state index in [0.717, 1.165) is 44.1 Å². The molecule has 31 heavy (non-hydrogen) atoms. The molecule has 0 heterocycles. The van der Waals surface area contributed by atoms with Crippen molar-refractivity contribution < 1.29 is 19.1 Å². The standard InChI is InChI=1S/C25H42N2O4/c1-3-5-7-9-11-16-20-30-24(28)26-23(22-18-14-13-15-19-22)27-25(29)31-21-17-12-10-8-6-4-2/h13-15,18-19,23H,3-12,16-17,20-21H2,1-2H3,(H,26,28)(H,27,29). The molecule has 0 aliphatic heterocycles. The average Bonchev–Trinajstić information content (AvgIpc) is 2.78. The summed E-state index contributed by atoms with van der Waals surface area (Å²) in [5.74, 6) is 0. The predicted molar refractivity (Wildman–Crippen MR) is 125 cm³/mol. The summed E-state index contributed by atoms with van der Waals surface area (Å²) in [5.41, 5.74) is 0.760. The third-order valence-corrected chi connectivity index (χ3v) is 5.12. The van der Waals surface area contributed by atoms with E-state index < -0.39 is 18.4 Å². The minimum atomic E-state index is -0.699. The maximum Gasteiger partial charge on any atom is 0.409 e. The number of amides is 2. The van der Waals surface area contributed by atoms with Crippen LogP contribution in [0.3, 0.4) is 0 Å². The zero-order valence-electron chi connectivity index (χ0n) is 19.5. The van der Waals surface area contributed by atoms with Crippen LogP contribution in [-0.4, -0.2) is 25.4 Å². The number of unbranched alkanes of at least 4 members (excludes halogenated alkanes) is 10. The summed E-state index contributed by atoms with van der Waals surface area (Å²) in [7, 11) is 0. The Morgan fingerprint density at radius 2 is 1.10 bits per heavy atom. The first-order valence-electron chi connectivity index (χ1n) is 12.1. The van der Waals surface area contributed by atoms with Gasteiger partial charge in [-0.1, -0.05) is 108 Å². The lowest BCUT2D eigenvalue weighted by molar-refractivity contribution is 0.127. The molecule has 2 amide bonds. The Bertz CT molecular complexity index is 548. The number of benzene rings is 1. The molecule has 0 aliphatic carbocycles. The van der Waals surface area contributed by atoms with E-state index in [0.29, 0.717) is 13.2 Å². The van der Waals surface area contributed by atoms with E-state index in [1.807, 2.05) is 30.3 Å². The van der Waals surface area contributed by atoms with Crippen molar-refractivity contribution in [1.29, 1.82) is 0 Å². The van der Waals surface area contributed by atoms with E-state index >= 15 is 0 Å². The molecule has 0 spiro atoms. The summed E-state index contributed by atoms with van der Waals surface area (Å²) in [6, 6.07) is 9.28. The topological polar surface area (TPSA) is 76.7 Å². The zero-order chi connectivity index (χ0) is 22.6. The van der Waals surface area contributed by atoms with Gasteiger partial charge < -0.3 is 9.47 Å². The molecule has 0 unspecified atom stereocenters. The number of carbonyl (C=O) groups is 2. The Hall–Kier alpha value is -2.24. The molecule has 0 atom stereocenters. The quantitative estimate of drug-likeness (QED) is 0.207. The minimum absolute atomic E-state index is 0.377. The molecule has 0 bridgehead atoms. The summed E-state index contributed by atoms with van der Waals surface area (Å²) < 4.78 is 10.6. The second-order valence-corrected chi connectivity index (χ2v) is 7.94. The summed E-state index contributed by atoms with van der Waals surface area (Å²) >= 11 is 0. The molecule has 176 valence electrons. The van der Waals surface area contributed by atoms with E-state index in [-0.39, 0.29) is 0 Å². The third kappa shape index (κ3) is 14.4. The SMILES string of the molecule is CCCCCCCCOC(=O)NC(NC(=O)OCCCCCCCC)c1ccccc1. The first-order chi connectivity index (χ1) is 15.2. The average molecular weight is 435 g/mol. The highest BCUT2D eigenvalue weighted by atomic mass is 16.6. The van der Waals surface area contributed by atoms with Gasteiger partial charge in [0.1, 0.15) is 6.17 Å². The number of hydrogen-bond acceptors (Lipinski definition) is 4. The fourth-order valence-corrected chi connectivity index (χ4v) is 3.26. The van der Waals surface area contributed by atoms with Crippen LogP contribution >= 0.6 is 0 Å². The van der Waals surface area contributed by atoms with Crippen LogP contribution in [-0.2, 0) is 9.47 Å². The van der Waals surface area contributed by atoms with Crippen molar-refractivity contribution in [2.75, 3.05) is 13.2 Å². The normalized spacial score (nSPS) is 10.7. The van der Waals surface area contributed by atoms with Gasteiger partial charge in [0.25, 0.3) is 0 Å². The van der Waals surface area contributed by atoms with Gasteiger partial charge in [0.05, 0.1) is 13.2 Å². The van der Waals surface area contributed by atoms with E-state index in [1.165, 1.54) is 38.5 Å². The lowest BCUT2D eigenvalue weighted by Crippen LogP contribution is -2.41. The monoisotopic (exact) mass is 434 g/mol. The van der Waals surface area contributed by atoms with Crippen LogP contribution in [0, 0.1) is 0 Å². The molecule has 0 aromatic heterocycles. The van der Waals surface area contributed by atoms with E-state index in [4.69, 9.17) is 9.47 Å². The van der Waals surface area contributed by atoms with E-state index in [9.17, 15) is 9.59 Å². The van der Waals surface area contributed by atoms with Crippen molar-refractivity contribution in [3.63, 3.8) is 0 Å². The zero-order valence-corrected chi connectivity index (χ0v) is 19.5. The van der Waals surface area contributed by atoms with Gasteiger partial charge >= 0.3 is 12.2 Å². The van der Waals surface area contributed by atoms with Crippen LogP contribution in [0.15, 0.2) is 30.3 Å². The summed E-state index contributed by atoms with van der Waals surface area (Å²) in [6.07, 6.45) is 11.7. The molecular weight excluding hydrogens is 392 g/mol. The minimum Gasteiger partial charge on any atom is -0.450 e. The fraction of sp³-hybridized carbons (Fsp3) is 0.680. The number of alkyl carbamates (subject to hydrolysis) is 2. The number of carbonyl (C=O) groups excluding carboxylic acids is 2. The first kappa shape index (κ1) is 26.8. The first-order valence-corrected chi connectivity index (χ1v) is 12.1. The van der Waals surface area contributed by atoms with E-state index in [2.05, 4.69) is 24.5 Å². The van der Waals surface area contributed by atoms with Gasteiger partial charge in [-0.05, 0) is 18.4 Å². The second-order valence-electron chi connectivity index (χ2n) is 7.94. The Balaban J connectivity index is 2.35. The van der Waals surface area contributed by atoms with Crippen LogP contribution in [0.1, 0.15) is 103 Å². The van der Waals surface area contributed by atoms with Crippen LogP contribution < -0.4 is 10.6 Å². The van der Waals surface area contributed by atoms with Gasteiger partial charge in [0, 0.05) is 0 Å². The van der Waals surface area contributed by atoms with Gasteiger partial charge in [-0.15, -0.1) is 0 Å². The van der Waals surface area contributed by atoms with Crippen LogP contribution in [0.4, 0.5) is 9.59 Å². The molecule has 0 radical (unpaired) electrons. The molecular formula is C25H42N2O4. The molecule has 0 aliphatic rings. The number of hydrogen-bond donors (Lipinski definition) is 2. The Kier molecular flexibility index (Phi) is 16.0. The molecule has 6 nitrogen and oxygen atoms in total. The molecule has 2 N–H and O–H groups in total. The molecule has 1 aromatic rings. The van der Waals surface area contributed by atoms with Crippen molar-refractivity contribution >= 4 is 12.2 Å². The maximum absolute atomic E-state index is 12.2. The molecule has 0 saturated carbocycles. The van der Waals surface area contributed by atoms with Crippen LogP contribution in [0.5, 0.6) is 0 Å². The molecule has 0 saturated heterocycles. The second kappa shape index (κ2) is 18.5. The number of nitrogens with one attached hydrogen (secondary N) is 2. The lowest BCUT2D eigenvalue weighted by Gasteiger charge is -2.20. The van der Waals surface area contributed by atoms with Crippen molar-refractivity contribution in [2.45, 2.75) is 97.1 Å². The van der Waals surface area contributed by atoms with Crippen LogP contribution in [0.25, 0.3) is 0 Å². The van der Waals surface area contributed by atoms with Gasteiger partial charge in [0.15, 0.2) is 0 Å². The molecule has 0 fully saturated rings. The largest absolute Gasteiger partial charge is 0.450 e. The van der Waals surface area contributed by atoms with Crippen molar-refractivity contribution in [3.05, 3.63) is 35.9 Å². The van der Waals surface area contributed by atoms with Gasteiger partial charge in [0.2, 0.25) is 0 Å². The predicted octanol–water partition coefficient (Wildman–Crippen LogP) is 6.86. The highest BCUT2D eigenvalue weighted by Crippen LogP contribution is 2.11. The summed E-state index contributed by atoms with van der Waals surface area (Å²) in [4.78, 5) is 24.4. The molecule has 1 aromatic carbocycles. The lowest BCUT2D eigenvalue weighted by atomic mass is 10.1. The van der Waals surface area contributed by atoms with Gasteiger partial charge in [-0.2, -0.15) is 0 Å². The highest BCUT2D eigenvalue weighted by molar-refractivity contribution is 5.71. The van der Waals surface area contributed by atoms with Gasteiger partial charge in [-0.3, -0.25) is 10.6 Å². The summed E-state index contributed by atoms with van der Waals surface area (Å²) in [6.45, 7) is 5.13. The Labute approximate surface area is 188 Å². The number of ether oxygens (including phenoxy) is 2. The fourth-order valence-electron chi connectivity index (χ4n) is 3.26. The van der Waals surface area contributed by atoms with E-state index in [1.54, 1.807) is 0 Å². The molecule has 1 rings (SSSR count). The maximum atomic E-state index is 12.2. The van der Waals surface area contributed by atoms with Gasteiger partial charge in [-0.25, -0.2) is 9.59 Å². The summed E-state index contributed by atoms with van der Waals surface area (Å²) in [5, 5.41) is 5.45. The third-order valence-electron chi connectivity index (χ3n) is 5.12. The van der Waals surface area contributed by atoms with Crippen LogP contribution in [0.2, 0.25) is 0 Å². The molecule has 6 heteroatoms. The van der Waals surface area contributed by atoms with Crippen molar-refractivity contribution in [3.8, 4) is 0 Å². The Morgan fingerprint density at radius 3 is 1.55 bits per heavy atom. The highest BCUT2D eigenvalue weighted by Gasteiger charge is 2.18. The van der Waals surface area contributed by atoms with Crippen molar-refractivity contribution in [2.24, 2.45) is 0 Å². The Morgan fingerprint density at radius 1 is 0.677 bits per heavy atom. The van der Waals surface area contributed by atoms with Crippen molar-refractivity contribution in [1.82, 2.24) is 10.6 Å².